The number of carboxylic acid groups (broad SMARTS) is 1. The highest BCUT2D eigenvalue weighted by Gasteiger charge is 2.28. The standard InChI is InChI=1S/C16H24N2O5S.2C11H16N2O3S.C10H19NO4.C6H7NO2S.ClH/c1-5-9-13(17-15(20)23-16(2,3)4)14(19)18-24(21,22)12-10-7-6-8-11-12;2*1-2-6-10(12)11(14)13-17(15,16)9-7-4-3-5-8-9;1-5-6-7(8(12)13)11-9(14)15-10(2,3)4;7-10(8,9)6-4-2-1-3-5-6;/h6-8,10-11,13H,5,9H2,1-4H3,(H,17,20)(H,18,19);2*3-5,7-8,10H,2,6,12H2,1H3,(H,13,14);7H,5-6H2,1-4H3,(H,11,14)(H,12,13);1-5H,(H2,7,8,9);1H/t13-;2*10-;7-;;/m0000../s1. The molecule has 0 bridgehead atoms. The van der Waals surface area contributed by atoms with Crippen molar-refractivity contribution in [2.24, 2.45) is 16.6 Å². The van der Waals surface area contributed by atoms with Gasteiger partial charge in [-0.15, -0.1) is 12.4 Å². The predicted molar refractivity (Wildman–Crippen MR) is 320 cm³/mol. The largest absolute Gasteiger partial charge is 0.480 e. The summed E-state index contributed by atoms with van der Waals surface area (Å²) in [4.78, 5) is 69.3. The van der Waals surface area contributed by atoms with E-state index in [2.05, 4.69) is 10.6 Å². The molecular weight excluding hydrogens is 1200 g/mol. The fourth-order valence-corrected chi connectivity index (χ4v) is 9.77. The summed E-state index contributed by atoms with van der Waals surface area (Å²) in [6.45, 7) is 17.7. The van der Waals surface area contributed by atoms with Gasteiger partial charge < -0.3 is 36.7 Å². The molecule has 4 rings (SSSR count). The molecule has 25 nitrogen and oxygen atoms in total. The molecule has 0 fully saturated rings. The van der Waals surface area contributed by atoms with Gasteiger partial charge in [-0.3, -0.25) is 14.4 Å². The number of benzene rings is 4. The molecular formula is C54H83ClN8O17S4. The Bertz CT molecular complexity index is 3010. The van der Waals surface area contributed by atoms with Crippen LogP contribution in [0.2, 0.25) is 0 Å². The molecule has 0 aromatic heterocycles. The topological polar surface area (TPSA) is 416 Å². The molecule has 0 unspecified atom stereocenters. The van der Waals surface area contributed by atoms with Crippen molar-refractivity contribution in [3.8, 4) is 0 Å². The van der Waals surface area contributed by atoms with Gasteiger partial charge in [0.1, 0.15) is 23.3 Å². The zero-order valence-corrected chi connectivity index (χ0v) is 52.8. The lowest BCUT2D eigenvalue weighted by Gasteiger charge is -2.23. The maximum Gasteiger partial charge on any atom is 0.408 e. The summed E-state index contributed by atoms with van der Waals surface area (Å²) in [6.07, 6.45) is 2.85. The third-order valence-electron chi connectivity index (χ3n) is 9.96. The summed E-state index contributed by atoms with van der Waals surface area (Å²) in [5.74, 6) is -3.18. The van der Waals surface area contributed by atoms with E-state index in [1.165, 1.54) is 48.5 Å². The maximum atomic E-state index is 12.3. The molecule has 30 heteroatoms. The number of rotatable bonds is 21. The number of nitrogens with two attached hydrogens (primary N) is 3. The van der Waals surface area contributed by atoms with E-state index in [0.717, 1.165) is 12.8 Å². The molecule has 5 amide bonds. The SMILES string of the molecule is CCC[C@H](N)C(=O)NS(=O)(=O)c1ccccc1.CCC[C@H](N)C(=O)NS(=O)(=O)c1ccccc1.CCC[C@H](NC(=O)OC(C)(C)C)C(=O)NS(=O)(=O)c1ccccc1.CCC[C@H](NC(=O)OC(C)(C)C)C(=O)O.Cl.NS(=O)(=O)c1ccccc1. The van der Waals surface area contributed by atoms with Crippen LogP contribution >= 0.6 is 12.4 Å². The molecule has 472 valence electrons. The number of hydrogen-bond donors (Lipinski definition) is 9. The molecule has 0 aliphatic carbocycles. The zero-order valence-electron chi connectivity index (χ0n) is 48.8. The lowest BCUT2D eigenvalue weighted by molar-refractivity contribution is -0.139. The lowest BCUT2D eigenvalue weighted by Crippen LogP contribution is -2.49. The predicted octanol–water partition coefficient (Wildman–Crippen LogP) is 5.94. The number of hydrogen-bond acceptors (Lipinski definition) is 18. The number of carboxylic acids is 1. The van der Waals surface area contributed by atoms with Crippen molar-refractivity contribution in [1.29, 1.82) is 0 Å². The second-order valence-electron chi connectivity index (χ2n) is 19.8. The van der Waals surface area contributed by atoms with Crippen LogP contribution in [0.15, 0.2) is 141 Å². The van der Waals surface area contributed by atoms with Crippen molar-refractivity contribution in [3.05, 3.63) is 121 Å². The highest BCUT2D eigenvalue weighted by atomic mass is 35.5. The molecule has 4 atom stereocenters. The average Bonchev–Trinajstić information content (AvgIpc) is 3.50. The van der Waals surface area contributed by atoms with Gasteiger partial charge in [0.2, 0.25) is 10.0 Å². The van der Waals surface area contributed by atoms with Crippen LogP contribution in [0.4, 0.5) is 9.59 Å². The first-order valence-corrected chi connectivity index (χ1v) is 32.0. The molecule has 0 aliphatic heterocycles. The Morgan fingerprint density at radius 1 is 0.440 bits per heavy atom. The van der Waals surface area contributed by atoms with E-state index in [-0.39, 0.29) is 38.4 Å². The Labute approximate surface area is 501 Å². The smallest absolute Gasteiger partial charge is 0.408 e. The van der Waals surface area contributed by atoms with E-state index in [9.17, 15) is 62.4 Å². The van der Waals surface area contributed by atoms with E-state index in [4.69, 9.17) is 31.2 Å². The Balaban J connectivity index is 0. The number of ether oxygens (including phenoxy) is 2. The summed E-state index contributed by atoms with van der Waals surface area (Å²) in [5.41, 5.74) is 9.75. The first-order chi connectivity index (χ1) is 38.4. The number of nitrogens with one attached hydrogen (secondary N) is 5. The van der Waals surface area contributed by atoms with Gasteiger partial charge in [0.05, 0.1) is 31.7 Å². The molecule has 0 saturated carbocycles. The number of alkyl carbamates (subject to hydrolysis) is 2. The van der Waals surface area contributed by atoms with Gasteiger partial charge in [-0.2, -0.15) is 0 Å². The van der Waals surface area contributed by atoms with Crippen molar-refractivity contribution in [2.75, 3.05) is 0 Å². The average molecular weight is 1280 g/mol. The monoisotopic (exact) mass is 1280 g/mol. The van der Waals surface area contributed by atoms with Gasteiger partial charge in [-0.25, -0.2) is 67.4 Å². The highest BCUT2D eigenvalue weighted by molar-refractivity contribution is 7.90. The molecule has 12 N–H and O–H groups in total. The van der Waals surface area contributed by atoms with Crippen LogP contribution in [0.3, 0.4) is 0 Å². The van der Waals surface area contributed by atoms with Gasteiger partial charge in [-0.05, 0) is 116 Å². The summed E-state index contributed by atoms with van der Waals surface area (Å²) in [5, 5.41) is 18.3. The summed E-state index contributed by atoms with van der Waals surface area (Å²) < 4.78 is 109. The first kappa shape index (κ1) is 79.3. The molecule has 0 radical (unpaired) electrons. The highest BCUT2D eigenvalue weighted by Crippen LogP contribution is 2.13. The minimum Gasteiger partial charge on any atom is -0.480 e. The van der Waals surface area contributed by atoms with Gasteiger partial charge in [-0.1, -0.05) is 126 Å². The molecule has 4 aromatic rings. The zero-order chi connectivity index (χ0) is 63.8. The summed E-state index contributed by atoms with van der Waals surface area (Å²) >= 11 is 0. The van der Waals surface area contributed by atoms with Crippen LogP contribution in [0.1, 0.15) is 121 Å². The van der Waals surface area contributed by atoms with Crippen LogP contribution in [-0.2, 0) is 68.7 Å². The van der Waals surface area contributed by atoms with E-state index in [0.29, 0.717) is 32.1 Å². The number of primary sulfonamides is 1. The quantitative estimate of drug-likeness (QED) is 0.0466. The molecule has 0 spiro atoms. The molecule has 4 aromatic carbocycles. The number of halogens is 1. The normalized spacial score (nSPS) is 12.7. The Kier molecular flexibility index (Phi) is 36.1. The van der Waals surface area contributed by atoms with E-state index >= 15 is 0 Å². The number of aliphatic carboxylic acids is 1. The van der Waals surface area contributed by atoms with Gasteiger partial charge in [0, 0.05) is 0 Å². The van der Waals surface area contributed by atoms with E-state index < -0.39 is 111 Å². The number of sulfonamides is 4. The first-order valence-electron chi connectivity index (χ1n) is 26.0. The van der Waals surface area contributed by atoms with Crippen molar-refractivity contribution in [3.63, 3.8) is 0 Å². The van der Waals surface area contributed by atoms with E-state index in [1.807, 2.05) is 41.9 Å². The second-order valence-corrected chi connectivity index (χ2v) is 26.4. The molecule has 0 aliphatic rings. The van der Waals surface area contributed by atoms with Crippen molar-refractivity contribution in [2.45, 2.75) is 176 Å². The third kappa shape index (κ3) is 34.1. The second kappa shape index (κ2) is 38.3. The van der Waals surface area contributed by atoms with Gasteiger partial charge in [0.15, 0.2) is 0 Å². The van der Waals surface area contributed by atoms with Crippen LogP contribution in [0, 0.1) is 0 Å². The van der Waals surface area contributed by atoms with Gasteiger partial charge in [0.25, 0.3) is 47.8 Å². The fourth-order valence-electron chi connectivity index (χ4n) is 6.09. The Hall–Kier alpha value is -6.73. The molecule has 0 heterocycles. The third-order valence-corrected chi connectivity index (χ3v) is 15.0. The number of amides is 5. The summed E-state index contributed by atoms with van der Waals surface area (Å²) in [7, 11) is -15.1. The van der Waals surface area contributed by atoms with Crippen LogP contribution in [0.5, 0.6) is 0 Å². The minimum absolute atomic E-state index is 0. The van der Waals surface area contributed by atoms with Crippen molar-refractivity contribution < 1.29 is 77.0 Å². The van der Waals surface area contributed by atoms with Crippen molar-refractivity contribution in [1.82, 2.24) is 24.8 Å². The Morgan fingerprint density at radius 2 is 0.690 bits per heavy atom. The Morgan fingerprint density at radius 3 is 0.929 bits per heavy atom. The van der Waals surface area contributed by atoms with E-state index in [1.54, 1.807) is 114 Å². The minimum atomic E-state index is -3.99. The van der Waals surface area contributed by atoms with Crippen LogP contribution in [0.25, 0.3) is 0 Å². The van der Waals surface area contributed by atoms with Gasteiger partial charge >= 0.3 is 18.2 Å². The van der Waals surface area contributed by atoms with Crippen LogP contribution in [-0.4, -0.2) is 110 Å². The number of carbonyl (C=O) groups excluding carboxylic acids is 5. The lowest BCUT2D eigenvalue weighted by atomic mass is 10.1. The maximum absolute atomic E-state index is 12.3. The number of carbonyl (C=O) groups is 6. The molecule has 84 heavy (non-hydrogen) atoms. The molecule has 0 saturated heterocycles. The van der Waals surface area contributed by atoms with Crippen molar-refractivity contribution >= 4 is 88.4 Å². The summed E-state index contributed by atoms with van der Waals surface area (Å²) in [6, 6.07) is 27.4. The van der Waals surface area contributed by atoms with Crippen LogP contribution < -0.4 is 41.4 Å². The fraction of sp³-hybridized carbons (Fsp3) is 0.444.